The van der Waals surface area contributed by atoms with Crippen molar-refractivity contribution in [1.29, 1.82) is 0 Å². The number of fused-ring (bicyclic) bond motifs is 1. The number of imide groups is 1. The molecule has 0 aliphatic carbocycles. The number of Topliss-reactive ketones (excluding diaryl/α,β-unsaturated/α-hetero) is 1. The molecule has 0 bridgehead atoms. The highest BCUT2D eigenvalue weighted by molar-refractivity contribution is 7.92. The van der Waals surface area contributed by atoms with Crippen molar-refractivity contribution in [1.82, 2.24) is 10.2 Å². The minimum atomic E-state index is -3.39. The molecular weight excluding hydrogens is 406 g/mol. The van der Waals surface area contributed by atoms with Crippen LogP contribution in [0.15, 0.2) is 18.2 Å². The van der Waals surface area contributed by atoms with Gasteiger partial charge in [-0.1, -0.05) is 26.7 Å². The maximum absolute atomic E-state index is 13.0. The average molecular weight is 436 g/mol. The van der Waals surface area contributed by atoms with Crippen LogP contribution in [0.2, 0.25) is 0 Å². The molecule has 1 aromatic rings. The quantitative estimate of drug-likeness (QED) is 0.499. The number of ketones is 1. The van der Waals surface area contributed by atoms with E-state index in [1.54, 1.807) is 18.2 Å². The SMILES string of the molecule is CCCC1(CCC)NC(=O)N(CC(=O)c2ccc3c(c2)CCCN3S(C)(=O)=O)C1=O. The van der Waals surface area contributed by atoms with Gasteiger partial charge in [-0.05, 0) is 49.4 Å². The zero-order chi connectivity index (χ0) is 22.1. The minimum absolute atomic E-state index is 0.325. The van der Waals surface area contributed by atoms with Gasteiger partial charge in [-0.3, -0.25) is 18.8 Å². The average Bonchev–Trinajstić information content (AvgIpc) is 2.91. The van der Waals surface area contributed by atoms with Crippen molar-refractivity contribution >= 4 is 33.4 Å². The summed E-state index contributed by atoms with van der Waals surface area (Å²) in [6.07, 6.45) is 5.07. The van der Waals surface area contributed by atoms with E-state index in [9.17, 15) is 22.8 Å². The van der Waals surface area contributed by atoms with Crippen molar-refractivity contribution in [3.05, 3.63) is 29.3 Å². The van der Waals surface area contributed by atoms with Crippen molar-refractivity contribution in [3.63, 3.8) is 0 Å². The van der Waals surface area contributed by atoms with E-state index in [1.165, 1.54) is 4.31 Å². The molecule has 2 aliphatic rings. The van der Waals surface area contributed by atoms with Crippen LogP contribution in [-0.2, 0) is 21.2 Å². The lowest BCUT2D eigenvalue weighted by Gasteiger charge is -2.29. The molecule has 30 heavy (non-hydrogen) atoms. The van der Waals surface area contributed by atoms with Crippen LogP contribution in [0.25, 0.3) is 0 Å². The summed E-state index contributed by atoms with van der Waals surface area (Å²) in [5.74, 6) is -0.688. The van der Waals surface area contributed by atoms with E-state index >= 15 is 0 Å². The van der Waals surface area contributed by atoms with Crippen LogP contribution in [0.3, 0.4) is 0 Å². The molecule has 1 N–H and O–H groups in total. The molecule has 0 atom stereocenters. The predicted octanol–water partition coefficient (Wildman–Crippen LogP) is 2.47. The molecule has 0 unspecified atom stereocenters. The molecule has 0 aromatic heterocycles. The minimum Gasteiger partial charge on any atom is -0.323 e. The number of amides is 3. The summed E-state index contributed by atoms with van der Waals surface area (Å²) in [4.78, 5) is 39.3. The fourth-order valence-electron chi connectivity index (χ4n) is 4.45. The van der Waals surface area contributed by atoms with Gasteiger partial charge >= 0.3 is 6.03 Å². The first kappa shape index (κ1) is 22.3. The highest BCUT2D eigenvalue weighted by Gasteiger charge is 2.50. The number of hydrogen-bond donors (Lipinski definition) is 1. The molecule has 1 fully saturated rings. The maximum Gasteiger partial charge on any atom is 0.325 e. The highest BCUT2D eigenvalue weighted by Crippen LogP contribution is 2.31. The number of nitrogens with one attached hydrogen (secondary N) is 1. The molecule has 0 spiro atoms. The first-order valence-electron chi connectivity index (χ1n) is 10.4. The first-order valence-corrected chi connectivity index (χ1v) is 12.3. The summed E-state index contributed by atoms with van der Waals surface area (Å²) in [6.45, 7) is 4.00. The molecule has 1 aromatic carbocycles. The molecule has 0 saturated carbocycles. The summed E-state index contributed by atoms with van der Waals surface area (Å²) in [6, 6.07) is 4.34. The number of carbonyl (C=O) groups is 3. The van der Waals surface area contributed by atoms with Crippen molar-refractivity contribution in [2.24, 2.45) is 0 Å². The van der Waals surface area contributed by atoms with Gasteiger partial charge in [0, 0.05) is 12.1 Å². The molecule has 9 heteroatoms. The second-order valence-electron chi connectivity index (χ2n) is 8.11. The smallest absolute Gasteiger partial charge is 0.323 e. The van der Waals surface area contributed by atoms with Gasteiger partial charge in [0.25, 0.3) is 5.91 Å². The molecule has 1 saturated heterocycles. The van der Waals surface area contributed by atoms with Gasteiger partial charge in [0.1, 0.15) is 5.54 Å². The number of anilines is 1. The number of sulfonamides is 1. The summed E-state index contributed by atoms with van der Waals surface area (Å²) in [5, 5.41) is 2.81. The second-order valence-corrected chi connectivity index (χ2v) is 10.0. The number of nitrogens with zero attached hydrogens (tertiary/aromatic N) is 2. The molecule has 3 rings (SSSR count). The van der Waals surface area contributed by atoms with E-state index in [0.29, 0.717) is 43.5 Å². The van der Waals surface area contributed by atoms with Gasteiger partial charge in [-0.25, -0.2) is 13.2 Å². The van der Waals surface area contributed by atoms with Gasteiger partial charge in [0.05, 0.1) is 18.5 Å². The number of hydrogen-bond acceptors (Lipinski definition) is 5. The van der Waals surface area contributed by atoms with Gasteiger partial charge in [0.15, 0.2) is 5.78 Å². The van der Waals surface area contributed by atoms with Crippen LogP contribution in [0.1, 0.15) is 61.9 Å². The van der Waals surface area contributed by atoms with Gasteiger partial charge < -0.3 is 5.32 Å². The number of aryl methyl sites for hydroxylation is 1. The third-order valence-electron chi connectivity index (χ3n) is 5.78. The Labute approximate surface area is 177 Å². The van der Waals surface area contributed by atoms with Crippen LogP contribution in [0, 0.1) is 0 Å². The van der Waals surface area contributed by atoms with E-state index in [4.69, 9.17) is 0 Å². The summed E-state index contributed by atoms with van der Waals surface area (Å²) < 4.78 is 25.4. The van der Waals surface area contributed by atoms with E-state index in [0.717, 1.165) is 29.6 Å². The Kier molecular flexibility index (Phi) is 6.21. The van der Waals surface area contributed by atoms with Gasteiger partial charge in [-0.15, -0.1) is 0 Å². The largest absolute Gasteiger partial charge is 0.325 e. The standard InChI is InChI=1S/C21H29N3O5S/c1-4-10-21(11-5-2)19(26)23(20(27)22-21)14-18(25)16-8-9-17-15(13-16)7-6-12-24(17)30(3,28)29/h8-9,13H,4-7,10-12,14H2,1-3H3,(H,22,27). The van der Waals surface area contributed by atoms with Crippen LogP contribution in [-0.4, -0.2) is 55.9 Å². The number of rotatable bonds is 8. The van der Waals surface area contributed by atoms with Crippen molar-refractivity contribution in [2.45, 2.75) is 57.9 Å². The van der Waals surface area contributed by atoms with E-state index < -0.39 is 21.6 Å². The lowest BCUT2D eigenvalue weighted by atomic mass is 9.88. The highest BCUT2D eigenvalue weighted by atomic mass is 32.2. The zero-order valence-electron chi connectivity index (χ0n) is 17.7. The molecule has 2 aliphatic heterocycles. The summed E-state index contributed by atoms with van der Waals surface area (Å²) >= 11 is 0. The second kappa shape index (κ2) is 8.37. The third-order valence-corrected chi connectivity index (χ3v) is 6.96. The molecule has 8 nitrogen and oxygen atoms in total. The fraction of sp³-hybridized carbons (Fsp3) is 0.571. The molecule has 0 radical (unpaired) electrons. The Hall–Kier alpha value is -2.42. The molecular formula is C21H29N3O5S. The van der Waals surface area contributed by atoms with E-state index in [1.807, 2.05) is 13.8 Å². The number of carbonyl (C=O) groups excluding carboxylic acids is 3. The number of urea groups is 1. The first-order chi connectivity index (χ1) is 14.1. The van der Waals surface area contributed by atoms with E-state index in [-0.39, 0.29) is 18.2 Å². The van der Waals surface area contributed by atoms with Crippen molar-refractivity contribution < 1.29 is 22.8 Å². The Balaban J connectivity index is 1.81. The van der Waals surface area contributed by atoms with Crippen molar-refractivity contribution in [3.8, 4) is 0 Å². The number of benzene rings is 1. The van der Waals surface area contributed by atoms with Gasteiger partial charge in [-0.2, -0.15) is 0 Å². The van der Waals surface area contributed by atoms with Crippen LogP contribution in [0.5, 0.6) is 0 Å². The normalized spacial score (nSPS) is 18.4. The van der Waals surface area contributed by atoms with Crippen LogP contribution < -0.4 is 9.62 Å². The lowest BCUT2D eigenvalue weighted by Crippen LogP contribution is -2.47. The van der Waals surface area contributed by atoms with E-state index in [2.05, 4.69) is 5.32 Å². The maximum atomic E-state index is 13.0. The Bertz CT molecular complexity index is 967. The van der Waals surface area contributed by atoms with Crippen molar-refractivity contribution in [2.75, 3.05) is 23.7 Å². The third kappa shape index (κ3) is 4.08. The Morgan fingerprint density at radius 1 is 1.17 bits per heavy atom. The summed E-state index contributed by atoms with van der Waals surface area (Å²) in [5.41, 5.74) is 0.807. The topological polar surface area (TPSA) is 104 Å². The summed E-state index contributed by atoms with van der Waals surface area (Å²) in [7, 11) is -3.39. The molecule has 3 amide bonds. The molecule has 164 valence electrons. The lowest BCUT2D eigenvalue weighted by molar-refractivity contribution is -0.131. The molecule has 2 heterocycles. The predicted molar refractivity (Wildman–Crippen MR) is 114 cm³/mol. The van der Waals surface area contributed by atoms with Crippen LogP contribution in [0.4, 0.5) is 10.5 Å². The van der Waals surface area contributed by atoms with Crippen LogP contribution >= 0.6 is 0 Å². The zero-order valence-corrected chi connectivity index (χ0v) is 18.5. The Morgan fingerprint density at radius 3 is 2.43 bits per heavy atom. The Morgan fingerprint density at radius 2 is 1.83 bits per heavy atom. The monoisotopic (exact) mass is 435 g/mol. The van der Waals surface area contributed by atoms with Gasteiger partial charge in [0.2, 0.25) is 10.0 Å². The fourth-order valence-corrected chi connectivity index (χ4v) is 5.45.